The van der Waals surface area contributed by atoms with Crippen LogP contribution in [0, 0.1) is 6.92 Å². The number of aliphatic imine (C=N–C) groups is 1. The average Bonchev–Trinajstić information content (AvgIpc) is 2.59. The molecule has 0 aliphatic heterocycles. The molecule has 0 fully saturated rings. The first-order valence-corrected chi connectivity index (χ1v) is 9.30. The maximum atomic E-state index is 11.6. The Morgan fingerprint density at radius 2 is 1.78 bits per heavy atom. The first kappa shape index (κ1) is 22.6. The summed E-state index contributed by atoms with van der Waals surface area (Å²) < 4.78 is 10.5. The van der Waals surface area contributed by atoms with Crippen LogP contribution >= 0.6 is 0 Å². The van der Waals surface area contributed by atoms with Gasteiger partial charge in [-0.3, -0.25) is 4.99 Å². The molecule has 0 saturated heterocycles. The molecule has 3 N–H and O–H groups in total. The molecule has 152 valence electrons. The summed E-state index contributed by atoms with van der Waals surface area (Å²) in [4.78, 5) is 15.8. The maximum absolute atomic E-state index is 11.6. The van der Waals surface area contributed by atoms with Gasteiger partial charge in [-0.15, -0.1) is 0 Å². The summed E-state index contributed by atoms with van der Waals surface area (Å²) in [5, 5.41) is 9.26. The smallest absolute Gasteiger partial charge is 0.407 e. The van der Waals surface area contributed by atoms with Crippen molar-refractivity contribution in [3.05, 3.63) is 29.3 Å². The number of ether oxygens (including phenoxy) is 2. The SMILES string of the molecule is CN=C(NCCCNC(=O)OC(C)(C)C)NCCc1ccc(C)c(OC)c1. The first-order chi connectivity index (χ1) is 12.7. The van der Waals surface area contributed by atoms with Crippen molar-refractivity contribution in [3.63, 3.8) is 0 Å². The van der Waals surface area contributed by atoms with E-state index in [0.29, 0.717) is 13.1 Å². The minimum Gasteiger partial charge on any atom is -0.496 e. The highest BCUT2D eigenvalue weighted by molar-refractivity contribution is 5.79. The van der Waals surface area contributed by atoms with Crippen LogP contribution in [0.4, 0.5) is 4.79 Å². The second-order valence-electron chi connectivity index (χ2n) is 7.26. The van der Waals surface area contributed by atoms with Crippen LogP contribution in [0.15, 0.2) is 23.2 Å². The summed E-state index contributed by atoms with van der Waals surface area (Å²) in [7, 11) is 3.43. The van der Waals surface area contributed by atoms with Crippen molar-refractivity contribution < 1.29 is 14.3 Å². The molecular formula is C20H34N4O3. The highest BCUT2D eigenvalue weighted by atomic mass is 16.6. The number of amides is 1. The van der Waals surface area contributed by atoms with Gasteiger partial charge in [-0.05, 0) is 57.7 Å². The number of hydrogen-bond donors (Lipinski definition) is 3. The lowest BCUT2D eigenvalue weighted by molar-refractivity contribution is 0.0527. The van der Waals surface area contributed by atoms with E-state index in [1.54, 1.807) is 14.2 Å². The minimum absolute atomic E-state index is 0.390. The molecule has 0 bridgehead atoms. The number of rotatable bonds is 8. The second kappa shape index (κ2) is 11.3. The molecule has 27 heavy (non-hydrogen) atoms. The fraction of sp³-hybridized carbons (Fsp3) is 0.600. The van der Waals surface area contributed by atoms with Crippen LogP contribution in [-0.2, 0) is 11.2 Å². The Hall–Kier alpha value is -2.44. The Bertz CT molecular complexity index is 624. The van der Waals surface area contributed by atoms with Crippen LogP contribution in [0.1, 0.15) is 38.3 Å². The van der Waals surface area contributed by atoms with Crippen molar-refractivity contribution in [2.75, 3.05) is 33.8 Å². The van der Waals surface area contributed by atoms with Crippen LogP contribution in [0.25, 0.3) is 0 Å². The van der Waals surface area contributed by atoms with E-state index in [1.165, 1.54) is 5.56 Å². The molecule has 1 aromatic rings. The fourth-order valence-corrected chi connectivity index (χ4v) is 2.37. The summed E-state index contributed by atoms with van der Waals surface area (Å²) in [6, 6.07) is 6.24. The Labute approximate surface area is 162 Å². The number of nitrogens with one attached hydrogen (secondary N) is 3. The van der Waals surface area contributed by atoms with Gasteiger partial charge in [-0.1, -0.05) is 12.1 Å². The second-order valence-corrected chi connectivity index (χ2v) is 7.26. The number of aryl methyl sites for hydroxylation is 1. The number of methoxy groups -OCH3 is 1. The Morgan fingerprint density at radius 3 is 2.41 bits per heavy atom. The summed E-state index contributed by atoms with van der Waals surface area (Å²) >= 11 is 0. The van der Waals surface area contributed by atoms with E-state index in [4.69, 9.17) is 9.47 Å². The highest BCUT2D eigenvalue weighted by Crippen LogP contribution is 2.18. The molecular weight excluding hydrogens is 344 g/mol. The van der Waals surface area contributed by atoms with Gasteiger partial charge in [0, 0.05) is 26.7 Å². The third kappa shape index (κ3) is 9.72. The minimum atomic E-state index is -0.476. The van der Waals surface area contributed by atoms with Crippen molar-refractivity contribution >= 4 is 12.1 Å². The van der Waals surface area contributed by atoms with E-state index in [0.717, 1.165) is 36.7 Å². The van der Waals surface area contributed by atoms with Crippen LogP contribution < -0.4 is 20.7 Å². The van der Waals surface area contributed by atoms with Gasteiger partial charge in [0.05, 0.1) is 7.11 Å². The van der Waals surface area contributed by atoms with Crippen LogP contribution in [0.2, 0.25) is 0 Å². The van der Waals surface area contributed by atoms with Gasteiger partial charge >= 0.3 is 6.09 Å². The van der Waals surface area contributed by atoms with E-state index in [2.05, 4.69) is 39.1 Å². The van der Waals surface area contributed by atoms with Crippen LogP contribution in [-0.4, -0.2) is 51.4 Å². The first-order valence-electron chi connectivity index (χ1n) is 9.30. The van der Waals surface area contributed by atoms with E-state index in [1.807, 2.05) is 27.7 Å². The van der Waals surface area contributed by atoms with Gasteiger partial charge in [0.2, 0.25) is 0 Å². The van der Waals surface area contributed by atoms with E-state index in [9.17, 15) is 4.79 Å². The zero-order valence-corrected chi connectivity index (χ0v) is 17.4. The number of hydrogen-bond acceptors (Lipinski definition) is 4. The molecule has 1 aromatic carbocycles. The topological polar surface area (TPSA) is 84.0 Å². The van der Waals surface area contributed by atoms with Gasteiger partial charge < -0.3 is 25.4 Å². The zero-order valence-electron chi connectivity index (χ0n) is 17.4. The van der Waals surface area contributed by atoms with E-state index >= 15 is 0 Å². The van der Waals surface area contributed by atoms with Crippen molar-refractivity contribution in [3.8, 4) is 5.75 Å². The Morgan fingerprint density at radius 1 is 1.11 bits per heavy atom. The van der Waals surface area contributed by atoms with Gasteiger partial charge in [-0.25, -0.2) is 4.79 Å². The van der Waals surface area contributed by atoms with Gasteiger partial charge in [0.25, 0.3) is 0 Å². The molecule has 1 rings (SSSR count). The lowest BCUT2D eigenvalue weighted by Crippen LogP contribution is -2.40. The van der Waals surface area contributed by atoms with E-state index < -0.39 is 11.7 Å². The number of alkyl carbamates (subject to hydrolysis) is 1. The molecule has 0 radical (unpaired) electrons. The molecule has 0 aliphatic rings. The summed E-state index contributed by atoms with van der Waals surface area (Å²) in [6.07, 6.45) is 1.26. The maximum Gasteiger partial charge on any atom is 0.407 e. The molecule has 1 amide bonds. The lowest BCUT2D eigenvalue weighted by atomic mass is 10.1. The number of guanidine groups is 1. The summed E-state index contributed by atoms with van der Waals surface area (Å²) in [5.74, 6) is 1.65. The van der Waals surface area contributed by atoms with Crippen LogP contribution in [0.5, 0.6) is 5.75 Å². The third-order valence-corrected chi connectivity index (χ3v) is 3.72. The zero-order chi connectivity index (χ0) is 20.3. The predicted octanol–water partition coefficient (Wildman–Crippen LogP) is 2.63. The quantitative estimate of drug-likeness (QED) is 0.368. The molecule has 0 aromatic heterocycles. The largest absolute Gasteiger partial charge is 0.496 e. The Balaban J connectivity index is 2.23. The van der Waals surface area contributed by atoms with Crippen molar-refractivity contribution in [2.45, 2.75) is 46.1 Å². The van der Waals surface area contributed by atoms with Gasteiger partial charge in [0.15, 0.2) is 5.96 Å². The standard InChI is InChI=1S/C20H34N4O3/c1-15-8-9-16(14-17(15)26-6)10-13-23-18(21-5)22-11-7-12-24-19(25)27-20(2,3)4/h8-9,14H,7,10-13H2,1-6H3,(H,24,25)(H2,21,22,23). The molecule has 0 aliphatic carbocycles. The normalized spacial score (nSPS) is 11.7. The number of carbonyl (C=O) groups is 1. The fourth-order valence-electron chi connectivity index (χ4n) is 2.37. The average molecular weight is 379 g/mol. The molecule has 0 atom stereocenters. The highest BCUT2D eigenvalue weighted by Gasteiger charge is 2.15. The van der Waals surface area contributed by atoms with Crippen molar-refractivity contribution in [1.29, 1.82) is 0 Å². The summed E-state index contributed by atoms with van der Waals surface area (Å²) in [5.41, 5.74) is 1.86. The Kier molecular flexibility index (Phi) is 9.47. The molecule has 0 spiro atoms. The predicted molar refractivity (Wildman–Crippen MR) is 110 cm³/mol. The van der Waals surface area contributed by atoms with Gasteiger partial charge in [0.1, 0.15) is 11.4 Å². The van der Waals surface area contributed by atoms with Crippen LogP contribution in [0.3, 0.4) is 0 Å². The molecule has 0 unspecified atom stereocenters. The molecule has 0 saturated carbocycles. The van der Waals surface area contributed by atoms with Crippen molar-refractivity contribution in [1.82, 2.24) is 16.0 Å². The van der Waals surface area contributed by atoms with Crippen molar-refractivity contribution in [2.24, 2.45) is 4.99 Å². The van der Waals surface area contributed by atoms with E-state index in [-0.39, 0.29) is 0 Å². The summed E-state index contributed by atoms with van der Waals surface area (Å²) in [6.45, 7) is 9.58. The third-order valence-electron chi connectivity index (χ3n) is 3.72. The molecule has 7 nitrogen and oxygen atoms in total. The monoisotopic (exact) mass is 378 g/mol. The number of nitrogens with zero attached hydrogens (tertiary/aromatic N) is 1. The number of benzene rings is 1. The van der Waals surface area contributed by atoms with Gasteiger partial charge in [-0.2, -0.15) is 0 Å². The lowest BCUT2D eigenvalue weighted by Gasteiger charge is -2.19. The molecule has 7 heteroatoms. The number of carbonyl (C=O) groups excluding carboxylic acids is 1. The molecule has 0 heterocycles.